The summed E-state index contributed by atoms with van der Waals surface area (Å²) in [7, 11) is 0. The fourth-order valence-electron chi connectivity index (χ4n) is 1.26. The maximum atomic E-state index is 11.0. The number of rotatable bonds is 0. The Morgan fingerprint density at radius 1 is 1.14 bits per heavy atom. The van der Waals surface area contributed by atoms with Crippen molar-refractivity contribution in [3.63, 3.8) is 0 Å². The van der Waals surface area contributed by atoms with Crippen molar-refractivity contribution < 1.29 is 58.2 Å². The molecule has 0 radical (unpaired) electrons. The molecule has 5 heteroatoms. The first-order chi connectivity index (χ1) is 6.18. The molecule has 66 valence electrons. The first-order valence-electron chi connectivity index (χ1n) is 3.96. The summed E-state index contributed by atoms with van der Waals surface area (Å²) in [6, 6.07) is 3.18. The Labute approximate surface area is 130 Å². The average Bonchev–Trinajstić information content (AvgIpc) is 2.12. The predicted molar refractivity (Wildman–Crippen MR) is 48.6 cm³/mol. The van der Waals surface area contributed by atoms with Crippen molar-refractivity contribution in [3.05, 3.63) is 33.9 Å². The van der Waals surface area contributed by atoms with E-state index in [4.69, 9.17) is 0 Å². The number of aryl methyl sites for hydroxylation is 2. The number of hydrogen-bond donors (Lipinski definition) is 0. The summed E-state index contributed by atoms with van der Waals surface area (Å²) in [5.74, 6) is 0. The van der Waals surface area contributed by atoms with E-state index in [0.29, 0.717) is 11.2 Å². The summed E-state index contributed by atoms with van der Waals surface area (Å²) in [5, 5.41) is 8.74. The molecule has 0 spiro atoms. The fourth-order valence-corrected chi connectivity index (χ4v) is 1.26. The van der Waals surface area contributed by atoms with Crippen LogP contribution in [0.5, 0.6) is 0 Å². The Balaban J connectivity index is 0.000000980. The Morgan fingerprint density at radius 2 is 1.79 bits per heavy atom. The predicted octanol–water partition coefficient (Wildman–Crippen LogP) is -2.43. The van der Waals surface area contributed by atoms with Gasteiger partial charge in [0.25, 0.3) is 0 Å². The first kappa shape index (κ1) is 12.2. The number of pyridine rings is 1. The third-order valence-electron chi connectivity index (χ3n) is 1.95. The van der Waals surface area contributed by atoms with Crippen LogP contribution in [0.25, 0.3) is 10.9 Å². The van der Waals surface area contributed by atoms with E-state index in [2.05, 4.69) is 15.2 Å². The molecule has 0 aliphatic rings. The van der Waals surface area contributed by atoms with Crippen molar-refractivity contribution in [1.29, 1.82) is 0 Å². The number of fused-ring (bicyclic) bond motifs is 1. The molecule has 0 bridgehead atoms. The van der Waals surface area contributed by atoms with Crippen molar-refractivity contribution in [2.75, 3.05) is 0 Å². The van der Waals surface area contributed by atoms with Crippen molar-refractivity contribution in [1.82, 2.24) is 15.2 Å². The molecular weight excluding hydrogens is 252 g/mol. The van der Waals surface area contributed by atoms with Crippen LogP contribution in [0.3, 0.4) is 0 Å². The second kappa shape index (κ2) is 4.74. The Bertz CT molecular complexity index is 521. The standard InChI is InChI=1S/C9H9N3O.Rb/c1-5-7-3-4-8(13)10-9(7)6(2)12-11-5;/h3-4H,1-2H3,(H,10,11,13);/q;+1/p-1. The molecule has 0 aliphatic carbocycles. The van der Waals surface area contributed by atoms with Gasteiger partial charge in [0.15, 0.2) is 0 Å². The van der Waals surface area contributed by atoms with Crippen LogP contribution in [0.2, 0.25) is 0 Å². The number of nitrogens with zero attached hydrogens (tertiary/aromatic N) is 3. The summed E-state index contributed by atoms with van der Waals surface area (Å²) in [6.45, 7) is 3.64. The van der Waals surface area contributed by atoms with E-state index in [1.807, 2.05) is 6.92 Å². The quantitative estimate of drug-likeness (QED) is 0.528. The van der Waals surface area contributed by atoms with Crippen LogP contribution in [0, 0.1) is 13.8 Å². The summed E-state index contributed by atoms with van der Waals surface area (Å²) >= 11 is 0. The molecule has 0 saturated carbocycles. The van der Waals surface area contributed by atoms with Gasteiger partial charge in [-0.3, -0.25) is 0 Å². The zero-order valence-corrected chi connectivity index (χ0v) is 13.3. The average molecular weight is 260 g/mol. The molecule has 2 aromatic rings. The Kier molecular flexibility index (Phi) is 4.12. The summed E-state index contributed by atoms with van der Waals surface area (Å²) in [4.78, 5) is 14.9. The van der Waals surface area contributed by atoms with Crippen LogP contribution in [-0.4, -0.2) is 10.2 Å². The molecular formula is C9H8N3ORb. The van der Waals surface area contributed by atoms with E-state index >= 15 is 0 Å². The molecule has 0 aliphatic heterocycles. The Hall–Kier alpha value is 0.0952. The van der Waals surface area contributed by atoms with Gasteiger partial charge in [-0.2, -0.15) is 10.2 Å². The minimum atomic E-state index is -0.233. The van der Waals surface area contributed by atoms with Crippen molar-refractivity contribution in [2.24, 2.45) is 0 Å². The van der Waals surface area contributed by atoms with Gasteiger partial charge >= 0.3 is 58.2 Å². The zero-order valence-electron chi connectivity index (χ0n) is 8.40. The largest absolute Gasteiger partial charge is 1.00 e. The maximum absolute atomic E-state index is 11.0. The molecule has 0 saturated heterocycles. The number of aromatic nitrogens is 3. The van der Waals surface area contributed by atoms with Crippen LogP contribution in [0.1, 0.15) is 11.4 Å². The van der Waals surface area contributed by atoms with Gasteiger partial charge in [-0.25, -0.2) is 0 Å². The molecule has 4 nitrogen and oxygen atoms in total. The van der Waals surface area contributed by atoms with Gasteiger partial charge in [0.05, 0.1) is 11.3 Å². The molecule has 0 amide bonds. The normalized spacial score (nSPS) is 9.86. The molecule has 0 aromatic carbocycles. The monoisotopic (exact) mass is 259 g/mol. The molecule has 0 N–H and O–H groups in total. The Morgan fingerprint density at radius 3 is 2.50 bits per heavy atom. The van der Waals surface area contributed by atoms with E-state index in [9.17, 15) is 4.79 Å². The topological polar surface area (TPSA) is 57.0 Å². The van der Waals surface area contributed by atoms with Gasteiger partial charge in [-0.15, -0.1) is 5.52 Å². The van der Waals surface area contributed by atoms with Crippen LogP contribution in [0.15, 0.2) is 16.9 Å². The van der Waals surface area contributed by atoms with Crippen LogP contribution >= 0.6 is 0 Å². The summed E-state index contributed by atoms with van der Waals surface area (Å²) in [6.07, 6.45) is 0. The van der Waals surface area contributed by atoms with Gasteiger partial charge in [0.2, 0.25) is 0 Å². The molecule has 2 rings (SSSR count). The van der Waals surface area contributed by atoms with Gasteiger partial charge in [0, 0.05) is 5.69 Å². The molecule has 2 aromatic heterocycles. The minimum absolute atomic E-state index is 0. The number of hydrogen-bond acceptors (Lipinski definition) is 3. The second-order valence-electron chi connectivity index (χ2n) is 2.92. The van der Waals surface area contributed by atoms with E-state index in [0.717, 1.165) is 11.1 Å². The van der Waals surface area contributed by atoms with Gasteiger partial charge < -0.3 is 9.78 Å². The third-order valence-corrected chi connectivity index (χ3v) is 1.95. The van der Waals surface area contributed by atoms with Crippen LogP contribution < -0.4 is 68.7 Å². The second-order valence-corrected chi connectivity index (χ2v) is 2.92. The van der Waals surface area contributed by atoms with E-state index in [1.165, 1.54) is 6.07 Å². The zero-order chi connectivity index (χ0) is 9.42. The maximum Gasteiger partial charge on any atom is 1.00 e. The van der Waals surface area contributed by atoms with Crippen molar-refractivity contribution in [3.8, 4) is 0 Å². The van der Waals surface area contributed by atoms with Crippen molar-refractivity contribution >= 4 is 10.9 Å². The SMILES string of the molecule is Cc1nnc(C)c2[n-]c(=O)ccc12.[Rb+]. The fraction of sp³-hybridized carbons (Fsp3) is 0.222. The van der Waals surface area contributed by atoms with Gasteiger partial charge in [-0.05, 0) is 25.3 Å². The van der Waals surface area contributed by atoms with E-state index in [1.54, 1.807) is 13.0 Å². The molecule has 0 fully saturated rings. The molecule has 2 heterocycles. The summed E-state index contributed by atoms with van der Waals surface area (Å²) in [5.41, 5.74) is 1.91. The van der Waals surface area contributed by atoms with E-state index in [-0.39, 0.29) is 63.7 Å². The molecule has 14 heavy (non-hydrogen) atoms. The molecule has 0 atom stereocenters. The van der Waals surface area contributed by atoms with Gasteiger partial charge in [0.1, 0.15) is 0 Å². The first-order valence-corrected chi connectivity index (χ1v) is 3.96. The van der Waals surface area contributed by atoms with Crippen LogP contribution in [-0.2, 0) is 0 Å². The summed E-state index contributed by atoms with van der Waals surface area (Å²) < 4.78 is 0. The van der Waals surface area contributed by atoms with Crippen molar-refractivity contribution in [2.45, 2.75) is 13.8 Å². The minimum Gasteiger partial charge on any atom is -0.621 e. The van der Waals surface area contributed by atoms with Crippen LogP contribution in [0.4, 0.5) is 0 Å². The van der Waals surface area contributed by atoms with Gasteiger partial charge in [-0.1, -0.05) is 6.07 Å². The smallest absolute Gasteiger partial charge is 0.621 e. The molecule has 0 unspecified atom stereocenters. The van der Waals surface area contributed by atoms with E-state index < -0.39 is 0 Å². The third kappa shape index (κ3) is 2.19.